The van der Waals surface area contributed by atoms with E-state index < -0.39 is 40.7 Å². The van der Waals surface area contributed by atoms with Crippen LogP contribution in [0.1, 0.15) is 0 Å². The zero-order chi connectivity index (χ0) is 15.1. The summed E-state index contributed by atoms with van der Waals surface area (Å²) in [7, 11) is 0. The molecule has 0 saturated heterocycles. The Morgan fingerprint density at radius 2 is 1.10 bits per heavy atom. The Morgan fingerprint density at radius 3 is 1.55 bits per heavy atom. The molecule has 0 bridgehead atoms. The molecule has 0 nitrogen and oxygen atoms in total. The highest BCUT2D eigenvalue weighted by atomic mass is 32.5. The predicted octanol–water partition coefficient (Wildman–Crippen LogP) is 3.70. The zero-order valence-corrected chi connectivity index (χ0v) is 11.2. The lowest BCUT2D eigenvalue weighted by atomic mass is 10.3. The highest BCUT2D eigenvalue weighted by Gasteiger charge is 2.35. The van der Waals surface area contributed by atoms with E-state index in [-0.39, 0.29) is 5.30 Å². The summed E-state index contributed by atoms with van der Waals surface area (Å²) in [6.07, 6.45) is -4.61. The molecule has 0 saturated carbocycles. The third-order valence-electron chi connectivity index (χ3n) is 2.56. The molecule has 0 radical (unpaired) electrons. The minimum Gasteiger partial charge on any atom is -0.208 e. The van der Waals surface area contributed by atoms with Gasteiger partial charge in [0.1, 0.15) is 0 Å². The molecule has 20 heavy (non-hydrogen) atoms. The molecule has 1 atom stereocenters. The fourth-order valence-corrected chi connectivity index (χ4v) is 3.96. The van der Waals surface area contributed by atoms with Gasteiger partial charge in [-0.25, -0.2) is 26.1 Å². The Labute approximate surface area is 115 Å². The fourth-order valence-electron chi connectivity index (χ4n) is 1.59. The first-order valence-electron chi connectivity index (χ1n) is 5.15. The third-order valence-corrected chi connectivity index (χ3v) is 5.67. The van der Waals surface area contributed by atoms with Crippen LogP contribution in [-0.2, 0) is 11.8 Å². The van der Waals surface area contributed by atoms with E-state index in [1.54, 1.807) is 0 Å². The molecule has 0 aliphatic carbocycles. The van der Waals surface area contributed by atoms with Crippen LogP contribution >= 0.6 is 6.35 Å². The van der Waals surface area contributed by atoms with Gasteiger partial charge in [-0.2, -0.15) is 0 Å². The lowest BCUT2D eigenvalue weighted by molar-refractivity contribution is 0.384. The first kappa shape index (κ1) is 15.1. The number of hydrogen-bond donors (Lipinski definition) is 0. The van der Waals surface area contributed by atoms with Gasteiger partial charge in [0.15, 0.2) is 29.6 Å². The van der Waals surface area contributed by atoms with Crippen LogP contribution in [0.3, 0.4) is 0 Å². The van der Waals surface area contributed by atoms with Crippen molar-refractivity contribution in [3.63, 3.8) is 0 Å². The minimum atomic E-state index is -4.61. The molecular formula is C12H5F6PS. The van der Waals surface area contributed by atoms with Gasteiger partial charge in [-0.1, -0.05) is 42.1 Å². The lowest BCUT2D eigenvalue weighted by Crippen LogP contribution is -2.24. The van der Waals surface area contributed by atoms with Crippen LogP contribution in [0.2, 0.25) is 0 Å². The van der Waals surface area contributed by atoms with Crippen molar-refractivity contribution in [1.29, 1.82) is 0 Å². The van der Waals surface area contributed by atoms with Gasteiger partial charge in [-0.15, -0.1) is 0 Å². The van der Waals surface area contributed by atoms with Crippen molar-refractivity contribution in [2.45, 2.75) is 0 Å². The second-order valence-corrected chi connectivity index (χ2v) is 7.32. The monoisotopic (exact) mass is 326 g/mol. The summed E-state index contributed by atoms with van der Waals surface area (Å²) in [6.45, 7) is 0. The Balaban J connectivity index is 2.80. The maximum atomic E-state index is 14.6. The number of hydrogen-bond acceptors (Lipinski definition) is 1. The second-order valence-electron chi connectivity index (χ2n) is 3.79. The molecular weight excluding hydrogens is 321 g/mol. The van der Waals surface area contributed by atoms with Crippen molar-refractivity contribution < 1.29 is 26.1 Å². The van der Waals surface area contributed by atoms with Crippen molar-refractivity contribution in [1.82, 2.24) is 0 Å². The van der Waals surface area contributed by atoms with Crippen LogP contribution < -0.4 is 10.6 Å². The molecule has 2 aromatic carbocycles. The standard InChI is InChI=1S/C12H5F6PS/c13-7-8(14)10(16)12(11(17)9(7)15)19(18,20)6-4-2-1-3-5-6/h1-5H. The van der Waals surface area contributed by atoms with Gasteiger partial charge in [0.25, 0.3) is 0 Å². The van der Waals surface area contributed by atoms with E-state index in [0.29, 0.717) is 0 Å². The van der Waals surface area contributed by atoms with Gasteiger partial charge in [0.05, 0.1) is 5.30 Å². The van der Waals surface area contributed by atoms with Crippen LogP contribution in [-0.4, -0.2) is 0 Å². The van der Waals surface area contributed by atoms with Gasteiger partial charge < -0.3 is 0 Å². The lowest BCUT2D eigenvalue weighted by Gasteiger charge is -2.16. The highest BCUT2D eigenvalue weighted by molar-refractivity contribution is 8.19. The van der Waals surface area contributed by atoms with Crippen molar-refractivity contribution in [2.75, 3.05) is 0 Å². The number of halogens is 6. The van der Waals surface area contributed by atoms with Gasteiger partial charge in [0.2, 0.25) is 5.82 Å². The molecule has 2 rings (SSSR count). The summed E-state index contributed by atoms with van der Waals surface area (Å²) in [4.78, 5) is 0. The van der Waals surface area contributed by atoms with Crippen molar-refractivity contribution in [3.05, 3.63) is 59.4 Å². The van der Waals surface area contributed by atoms with E-state index in [1.165, 1.54) is 18.2 Å². The molecule has 2 aromatic rings. The molecule has 0 aliphatic heterocycles. The normalized spacial score (nSPS) is 14.1. The molecule has 0 amide bonds. The maximum absolute atomic E-state index is 14.6. The first-order chi connectivity index (χ1) is 9.28. The van der Waals surface area contributed by atoms with E-state index in [4.69, 9.17) is 0 Å². The highest BCUT2D eigenvalue weighted by Crippen LogP contribution is 2.47. The molecule has 0 heterocycles. The van der Waals surface area contributed by atoms with Crippen molar-refractivity contribution >= 4 is 28.8 Å². The summed E-state index contributed by atoms with van der Waals surface area (Å²) in [5.74, 6) is -11.2. The third kappa shape index (κ3) is 2.25. The van der Waals surface area contributed by atoms with Crippen LogP contribution in [0.25, 0.3) is 0 Å². The Morgan fingerprint density at radius 1 is 0.700 bits per heavy atom. The quantitative estimate of drug-likeness (QED) is 0.351. The summed E-state index contributed by atoms with van der Waals surface area (Å²) in [5.41, 5.74) is 0. The Kier molecular flexibility index (Phi) is 3.93. The smallest absolute Gasteiger partial charge is 0.200 e. The van der Waals surface area contributed by atoms with Crippen molar-refractivity contribution in [3.8, 4) is 0 Å². The van der Waals surface area contributed by atoms with Crippen LogP contribution in [0.5, 0.6) is 0 Å². The fraction of sp³-hybridized carbons (Fsp3) is 0. The van der Waals surface area contributed by atoms with Crippen LogP contribution in [0.4, 0.5) is 26.1 Å². The van der Waals surface area contributed by atoms with E-state index in [9.17, 15) is 26.1 Å². The average Bonchev–Trinajstić information content (AvgIpc) is 2.44. The zero-order valence-electron chi connectivity index (χ0n) is 9.51. The second kappa shape index (κ2) is 5.22. The van der Waals surface area contributed by atoms with Crippen LogP contribution in [0, 0.1) is 29.1 Å². The number of rotatable bonds is 2. The molecule has 0 aliphatic rings. The minimum absolute atomic E-state index is 0.293. The van der Waals surface area contributed by atoms with Gasteiger partial charge >= 0.3 is 0 Å². The number of benzene rings is 2. The van der Waals surface area contributed by atoms with Crippen LogP contribution in [0.15, 0.2) is 30.3 Å². The van der Waals surface area contributed by atoms with E-state index >= 15 is 0 Å². The molecule has 0 N–H and O–H groups in total. The topological polar surface area (TPSA) is 0 Å². The summed E-state index contributed by atoms with van der Waals surface area (Å²) >= 11 is 4.52. The molecule has 8 heteroatoms. The largest absolute Gasteiger partial charge is 0.208 e. The van der Waals surface area contributed by atoms with Gasteiger partial charge in [-0.05, 0) is 0 Å². The van der Waals surface area contributed by atoms with Gasteiger partial charge in [0, 0.05) is 5.30 Å². The molecule has 0 aromatic heterocycles. The summed E-state index contributed by atoms with van der Waals surface area (Å²) in [6, 6.07) is 6.47. The predicted molar refractivity (Wildman–Crippen MR) is 67.3 cm³/mol. The Bertz CT molecular complexity index is 687. The summed E-state index contributed by atoms with van der Waals surface area (Å²) < 4.78 is 80.8. The molecule has 106 valence electrons. The van der Waals surface area contributed by atoms with E-state index in [2.05, 4.69) is 11.8 Å². The van der Waals surface area contributed by atoms with E-state index in [0.717, 1.165) is 12.1 Å². The maximum Gasteiger partial charge on any atom is 0.200 e. The molecule has 0 fully saturated rings. The average molecular weight is 326 g/mol. The van der Waals surface area contributed by atoms with Crippen molar-refractivity contribution in [2.24, 2.45) is 0 Å². The van der Waals surface area contributed by atoms with Gasteiger partial charge in [-0.3, -0.25) is 0 Å². The summed E-state index contributed by atoms with van der Waals surface area (Å²) in [5, 5.41) is -1.87. The molecule has 0 spiro atoms. The molecule has 1 unspecified atom stereocenters. The Hall–Kier alpha value is -1.33. The first-order valence-corrected chi connectivity index (χ1v) is 7.85. The SMILES string of the molecule is Fc1c(F)c(F)c(P(F)(=S)c2ccccc2)c(F)c1F. The van der Waals surface area contributed by atoms with E-state index in [1.807, 2.05) is 0 Å².